The Morgan fingerprint density at radius 1 is 1.21 bits per heavy atom. The molecule has 6 nitrogen and oxygen atoms in total. The van der Waals surface area contributed by atoms with Gasteiger partial charge in [0.05, 0.1) is 24.2 Å². The molecule has 0 heterocycles. The maximum Gasteiger partial charge on any atom is 0.280 e. The molecule has 2 aromatic carbocycles. The highest BCUT2D eigenvalue weighted by Crippen LogP contribution is 2.28. The van der Waals surface area contributed by atoms with Crippen molar-refractivity contribution >= 4 is 17.5 Å². The molecule has 0 aliphatic heterocycles. The second-order valence-electron chi connectivity index (χ2n) is 4.82. The molecular weight excluding hydrogens is 310 g/mol. The molecule has 24 heavy (non-hydrogen) atoms. The van der Waals surface area contributed by atoms with E-state index in [4.69, 9.17) is 9.47 Å². The number of nitro benzene ring substituents is 1. The zero-order valence-corrected chi connectivity index (χ0v) is 13.4. The van der Waals surface area contributed by atoms with Crippen molar-refractivity contribution in [1.29, 1.82) is 0 Å². The van der Waals surface area contributed by atoms with Crippen LogP contribution in [0, 0.1) is 10.1 Å². The van der Waals surface area contributed by atoms with Crippen LogP contribution in [0.25, 0.3) is 6.08 Å². The molecular formula is C18H17NO5. The third kappa shape index (κ3) is 3.98. The van der Waals surface area contributed by atoms with Crippen LogP contribution >= 0.6 is 0 Å². The van der Waals surface area contributed by atoms with E-state index in [2.05, 4.69) is 0 Å². The fourth-order valence-corrected chi connectivity index (χ4v) is 2.17. The van der Waals surface area contributed by atoms with Crippen molar-refractivity contribution in [1.82, 2.24) is 0 Å². The van der Waals surface area contributed by atoms with E-state index in [0.717, 1.165) is 5.56 Å². The highest BCUT2D eigenvalue weighted by atomic mass is 16.6. The number of ether oxygens (including phenoxy) is 2. The Hall–Kier alpha value is -3.15. The minimum absolute atomic E-state index is 0.0525. The molecule has 0 amide bonds. The van der Waals surface area contributed by atoms with E-state index in [-0.39, 0.29) is 11.3 Å². The SMILES string of the molecule is CCOc1ccc(/C=C\C(=O)c2ccccc2[N+](=O)[O-])cc1OC. The normalized spacial score (nSPS) is 10.6. The summed E-state index contributed by atoms with van der Waals surface area (Å²) in [6, 6.07) is 11.1. The zero-order valence-electron chi connectivity index (χ0n) is 13.4. The Morgan fingerprint density at radius 2 is 1.96 bits per heavy atom. The van der Waals surface area contributed by atoms with Crippen molar-refractivity contribution < 1.29 is 19.2 Å². The Bertz CT molecular complexity index is 783. The van der Waals surface area contributed by atoms with Crippen LogP contribution in [0.2, 0.25) is 0 Å². The number of hydrogen-bond acceptors (Lipinski definition) is 5. The number of para-hydroxylation sites is 1. The van der Waals surface area contributed by atoms with Crippen molar-refractivity contribution in [2.45, 2.75) is 6.92 Å². The number of methoxy groups -OCH3 is 1. The second kappa shape index (κ2) is 7.92. The average molecular weight is 327 g/mol. The fourth-order valence-electron chi connectivity index (χ4n) is 2.17. The third-order valence-electron chi connectivity index (χ3n) is 3.28. The third-order valence-corrected chi connectivity index (χ3v) is 3.28. The molecule has 124 valence electrons. The van der Waals surface area contributed by atoms with E-state index in [1.54, 1.807) is 30.3 Å². The molecule has 0 aliphatic carbocycles. The fraction of sp³-hybridized carbons (Fsp3) is 0.167. The van der Waals surface area contributed by atoms with Gasteiger partial charge in [-0.3, -0.25) is 14.9 Å². The Balaban J connectivity index is 2.25. The molecule has 0 unspecified atom stereocenters. The van der Waals surface area contributed by atoms with Crippen molar-refractivity contribution in [3.8, 4) is 11.5 Å². The van der Waals surface area contributed by atoms with Crippen LogP contribution in [-0.2, 0) is 0 Å². The van der Waals surface area contributed by atoms with Crippen molar-refractivity contribution in [3.05, 3.63) is 69.8 Å². The number of hydrogen-bond donors (Lipinski definition) is 0. The first-order valence-electron chi connectivity index (χ1n) is 7.33. The predicted molar refractivity (Wildman–Crippen MR) is 90.6 cm³/mol. The summed E-state index contributed by atoms with van der Waals surface area (Å²) in [4.78, 5) is 22.6. The lowest BCUT2D eigenvalue weighted by molar-refractivity contribution is -0.385. The van der Waals surface area contributed by atoms with E-state index in [1.807, 2.05) is 6.92 Å². The summed E-state index contributed by atoms with van der Waals surface area (Å²) in [7, 11) is 1.53. The lowest BCUT2D eigenvalue weighted by Gasteiger charge is -2.09. The minimum atomic E-state index is -0.568. The summed E-state index contributed by atoms with van der Waals surface area (Å²) in [6.45, 7) is 2.39. The summed E-state index contributed by atoms with van der Waals surface area (Å²) in [5.41, 5.74) is 0.565. The summed E-state index contributed by atoms with van der Waals surface area (Å²) >= 11 is 0. The van der Waals surface area contributed by atoms with Crippen molar-refractivity contribution in [3.63, 3.8) is 0 Å². The van der Waals surface area contributed by atoms with Gasteiger partial charge >= 0.3 is 0 Å². The Labute approximate surface area is 139 Å². The first-order valence-corrected chi connectivity index (χ1v) is 7.33. The number of nitrogens with zero attached hydrogens (tertiary/aromatic N) is 1. The monoisotopic (exact) mass is 327 g/mol. The quantitative estimate of drug-likeness (QED) is 0.333. The van der Waals surface area contributed by atoms with Crippen LogP contribution in [-0.4, -0.2) is 24.4 Å². The Kier molecular flexibility index (Phi) is 5.68. The smallest absolute Gasteiger partial charge is 0.280 e. The van der Waals surface area contributed by atoms with Gasteiger partial charge < -0.3 is 9.47 Å². The summed E-state index contributed by atoms with van der Waals surface area (Å²) in [5.74, 6) is 0.731. The van der Waals surface area contributed by atoms with Gasteiger partial charge in [0, 0.05) is 6.07 Å². The molecule has 0 atom stereocenters. The number of benzene rings is 2. The second-order valence-corrected chi connectivity index (χ2v) is 4.82. The Morgan fingerprint density at radius 3 is 2.62 bits per heavy atom. The molecule has 2 aromatic rings. The number of rotatable bonds is 7. The molecule has 2 rings (SSSR count). The van der Waals surface area contributed by atoms with Gasteiger partial charge in [0.15, 0.2) is 17.3 Å². The van der Waals surface area contributed by atoms with E-state index in [1.165, 1.54) is 31.4 Å². The van der Waals surface area contributed by atoms with Gasteiger partial charge in [-0.15, -0.1) is 0 Å². The number of allylic oxidation sites excluding steroid dienone is 1. The highest BCUT2D eigenvalue weighted by molar-refractivity contribution is 6.09. The van der Waals surface area contributed by atoms with Crippen LogP contribution < -0.4 is 9.47 Å². The molecule has 0 aromatic heterocycles. The molecule has 0 aliphatic rings. The van der Waals surface area contributed by atoms with Crippen LogP contribution in [0.1, 0.15) is 22.8 Å². The van der Waals surface area contributed by atoms with E-state index in [9.17, 15) is 14.9 Å². The number of carbonyl (C=O) groups is 1. The standard InChI is InChI=1S/C18H17NO5/c1-3-24-17-11-9-13(12-18(17)23-2)8-10-16(20)14-6-4-5-7-15(14)19(21)22/h4-12H,3H2,1-2H3/b10-8-. The van der Waals surface area contributed by atoms with E-state index >= 15 is 0 Å². The minimum Gasteiger partial charge on any atom is -0.493 e. The first kappa shape index (κ1) is 17.2. The molecule has 0 fully saturated rings. The number of carbonyl (C=O) groups excluding carboxylic acids is 1. The molecule has 0 saturated heterocycles. The first-order chi connectivity index (χ1) is 11.6. The maximum absolute atomic E-state index is 12.2. The topological polar surface area (TPSA) is 78.7 Å². The highest BCUT2D eigenvalue weighted by Gasteiger charge is 2.16. The van der Waals surface area contributed by atoms with Gasteiger partial charge in [0.1, 0.15) is 0 Å². The van der Waals surface area contributed by atoms with Crippen LogP contribution in [0.3, 0.4) is 0 Å². The van der Waals surface area contributed by atoms with Gasteiger partial charge in [-0.05, 0) is 36.8 Å². The number of nitro groups is 1. The van der Waals surface area contributed by atoms with Crippen molar-refractivity contribution in [2.75, 3.05) is 13.7 Å². The molecule has 0 saturated carbocycles. The summed E-state index contributed by atoms with van der Waals surface area (Å²) in [5, 5.41) is 11.0. The van der Waals surface area contributed by atoms with Gasteiger partial charge in [-0.25, -0.2) is 0 Å². The van der Waals surface area contributed by atoms with Crippen LogP contribution in [0.15, 0.2) is 48.5 Å². The van der Waals surface area contributed by atoms with E-state index in [0.29, 0.717) is 18.1 Å². The van der Waals surface area contributed by atoms with E-state index < -0.39 is 10.7 Å². The predicted octanol–water partition coefficient (Wildman–Crippen LogP) is 3.90. The lowest BCUT2D eigenvalue weighted by atomic mass is 10.1. The molecule has 0 spiro atoms. The van der Waals surface area contributed by atoms with Crippen molar-refractivity contribution in [2.24, 2.45) is 0 Å². The number of ketones is 1. The maximum atomic E-state index is 12.2. The summed E-state index contributed by atoms with van der Waals surface area (Å²) < 4.78 is 10.7. The molecule has 6 heteroatoms. The molecule has 0 radical (unpaired) electrons. The summed E-state index contributed by atoms with van der Waals surface area (Å²) in [6.07, 6.45) is 2.88. The average Bonchev–Trinajstić information content (AvgIpc) is 2.60. The zero-order chi connectivity index (χ0) is 17.5. The largest absolute Gasteiger partial charge is 0.493 e. The van der Waals surface area contributed by atoms with Gasteiger partial charge in [-0.1, -0.05) is 24.3 Å². The van der Waals surface area contributed by atoms with Gasteiger partial charge in [0.25, 0.3) is 5.69 Å². The molecule has 0 bridgehead atoms. The molecule has 0 N–H and O–H groups in total. The van der Waals surface area contributed by atoms with Gasteiger partial charge in [-0.2, -0.15) is 0 Å². The van der Waals surface area contributed by atoms with Crippen LogP contribution in [0.5, 0.6) is 11.5 Å². The van der Waals surface area contributed by atoms with Crippen LogP contribution in [0.4, 0.5) is 5.69 Å². The van der Waals surface area contributed by atoms with Gasteiger partial charge in [0.2, 0.25) is 0 Å². The lowest BCUT2D eigenvalue weighted by Crippen LogP contribution is -2.00.